The van der Waals surface area contributed by atoms with Crippen molar-refractivity contribution in [2.75, 3.05) is 6.54 Å². The van der Waals surface area contributed by atoms with Gasteiger partial charge in [-0.05, 0) is 24.1 Å². The van der Waals surface area contributed by atoms with Crippen LogP contribution in [0.15, 0.2) is 35.6 Å². The molecule has 5 nitrogen and oxygen atoms in total. The molecule has 1 atom stereocenters. The minimum absolute atomic E-state index is 0.132. The second-order valence-electron chi connectivity index (χ2n) is 5.02. The van der Waals surface area contributed by atoms with Gasteiger partial charge >= 0.3 is 0 Å². The molecule has 0 radical (unpaired) electrons. The average molecular weight is 269 g/mol. The lowest BCUT2D eigenvalue weighted by Gasteiger charge is -2.09. The molecule has 2 heterocycles. The number of aryl methyl sites for hydroxylation is 1. The van der Waals surface area contributed by atoms with Gasteiger partial charge in [-0.25, -0.2) is 9.98 Å². The number of nitrogens with two attached hydrogens (primary N) is 1. The molecule has 0 aliphatic carbocycles. The lowest BCUT2D eigenvalue weighted by Crippen LogP contribution is -2.24. The molecular formula is C15H19N5. The lowest BCUT2D eigenvalue weighted by atomic mass is 10.1. The fourth-order valence-electron chi connectivity index (χ4n) is 2.47. The maximum absolute atomic E-state index is 6.10. The van der Waals surface area contributed by atoms with Crippen LogP contribution in [0.5, 0.6) is 0 Å². The van der Waals surface area contributed by atoms with Crippen LogP contribution >= 0.6 is 0 Å². The van der Waals surface area contributed by atoms with E-state index in [0.717, 1.165) is 30.0 Å². The Bertz CT molecular complexity index is 629. The van der Waals surface area contributed by atoms with Gasteiger partial charge in [0.1, 0.15) is 12.0 Å². The van der Waals surface area contributed by atoms with Crippen molar-refractivity contribution >= 4 is 12.2 Å². The summed E-state index contributed by atoms with van der Waals surface area (Å²) in [4.78, 5) is 8.87. The fraction of sp³-hybridized carbons (Fsp3) is 0.333. The predicted molar refractivity (Wildman–Crippen MR) is 80.6 cm³/mol. The highest BCUT2D eigenvalue weighted by atomic mass is 15.2. The topological polar surface area (TPSA) is 68.2 Å². The second-order valence-corrected chi connectivity index (χ2v) is 5.02. The molecule has 3 N–H and O–H groups in total. The number of benzene rings is 1. The molecule has 1 aliphatic rings. The molecule has 0 fully saturated rings. The van der Waals surface area contributed by atoms with Crippen LogP contribution < -0.4 is 11.1 Å². The normalized spacial score (nSPS) is 17.4. The van der Waals surface area contributed by atoms with E-state index in [1.165, 1.54) is 5.56 Å². The van der Waals surface area contributed by atoms with Crippen molar-refractivity contribution in [1.82, 2.24) is 14.9 Å². The van der Waals surface area contributed by atoms with Crippen molar-refractivity contribution in [1.29, 1.82) is 0 Å². The van der Waals surface area contributed by atoms with Crippen molar-refractivity contribution in [2.24, 2.45) is 10.7 Å². The lowest BCUT2D eigenvalue weighted by molar-refractivity contribution is 0.686. The largest absolute Gasteiger partial charge is 0.374 e. The van der Waals surface area contributed by atoms with Gasteiger partial charge < -0.3 is 11.1 Å². The Morgan fingerprint density at radius 3 is 3.20 bits per heavy atom. The van der Waals surface area contributed by atoms with E-state index in [1.807, 2.05) is 4.57 Å². The van der Waals surface area contributed by atoms with Crippen LogP contribution in [0.4, 0.5) is 5.82 Å². The van der Waals surface area contributed by atoms with E-state index < -0.39 is 0 Å². The number of rotatable bonds is 3. The summed E-state index contributed by atoms with van der Waals surface area (Å²) in [5.74, 6) is 0.816. The van der Waals surface area contributed by atoms with Crippen LogP contribution in [-0.4, -0.2) is 22.4 Å². The summed E-state index contributed by atoms with van der Waals surface area (Å²) in [7, 11) is 0. The summed E-state index contributed by atoms with van der Waals surface area (Å²) >= 11 is 0. The Labute approximate surface area is 118 Å². The van der Waals surface area contributed by atoms with Gasteiger partial charge in [0, 0.05) is 12.2 Å². The highest BCUT2D eigenvalue weighted by Gasteiger charge is 2.19. The molecule has 0 bridgehead atoms. The van der Waals surface area contributed by atoms with Gasteiger partial charge in [0.05, 0.1) is 12.4 Å². The van der Waals surface area contributed by atoms with Gasteiger partial charge in [-0.1, -0.05) is 25.5 Å². The summed E-state index contributed by atoms with van der Waals surface area (Å²) in [6.45, 7) is 2.84. The Kier molecular flexibility index (Phi) is 3.52. The third kappa shape index (κ3) is 2.32. The third-order valence-corrected chi connectivity index (χ3v) is 3.46. The van der Waals surface area contributed by atoms with E-state index in [1.54, 1.807) is 12.7 Å². The Balaban J connectivity index is 2.04. The zero-order chi connectivity index (χ0) is 13.9. The predicted octanol–water partition coefficient (Wildman–Crippen LogP) is 2.09. The smallest absolute Gasteiger partial charge is 0.163 e. The van der Waals surface area contributed by atoms with E-state index in [2.05, 4.69) is 46.5 Å². The highest BCUT2D eigenvalue weighted by molar-refractivity contribution is 5.64. The van der Waals surface area contributed by atoms with Crippen LogP contribution in [0.3, 0.4) is 0 Å². The number of nitrogens with one attached hydrogen (secondary N) is 1. The van der Waals surface area contributed by atoms with Crippen LogP contribution in [0.1, 0.15) is 30.6 Å². The summed E-state index contributed by atoms with van der Waals surface area (Å²) < 4.78 is 2.00. The van der Waals surface area contributed by atoms with E-state index in [9.17, 15) is 0 Å². The average Bonchev–Trinajstić information content (AvgIpc) is 2.80. The molecular weight excluding hydrogens is 250 g/mol. The first-order valence-corrected chi connectivity index (χ1v) is 6.97. The van der Waals surface area contributed by atoms with E-state index in [4.69, 9.17) is 5.73 Å². The summed E-state index contributed by atoms with van der Waals surface area (Å²) in [5, 5.41) is 3.07. The first kappa shape index (κ1) is 12.9. The Hall–Kier alpha value is -2.14. The van der Waals surface area contributed by atoms with Crippen LogP contribution in [0.2, 0.25) is 0 Å². The molecule has 1 aliphatic heterocycles. The summed E-state index contributed by atoms with van der Waals surface area (Å²) in [6.07, 6.45) is 5.71. The van der Waals surface area contributed by atoms with Crippen LogP contribution in [-0.2, 0) is 6.42 Å². The number of nitrogens with zero attached hydrogens (tertiary/aromatic N) is 3. The SMILES string of the molecule is CCCc1cccc(-n2cnc3c2N=CNCC3N)c1. The number of aliphatic imine (C=N–C) groups is 1. The summed E-state index contributed by atoms with van der Waals surface area (Å²) in [5.41, 5.74) is 9.34. The second kappa shape index (κ2) is 5.46. The van der Waals surface area contributed by atoms with Gasteiger partial charge in [0.2, 0.25) is 0 Å². The zero-order valence-corrected chi connectivity index (χ0v) is 11.6. The number of fused-ring (bicyclic) bond motifs is 1. The molecule has 20 heavy (non-hydrogen) atoms. The number of hydrogen-bond donors (Lipinski definition) is 2. The van der Waals surface area contributed by atoms with E-state index >= 15 is 0 Å². The molecule has 0 spiro atoms. The quantitative estimate of drug-likeness (QED) is 0.896. The van der Waals surface area contributed by atoms with Gasteiger partial charge in [-0.3, -0.25) is 4.57 Å². The maximum Gasteiger partial charge on any atom is 0.163 e. The number of imidazole rings is 1. The Morgan fingerprint density at radius 2 is 2.35 bits per heavy atom. The number of hydrogen-bond acceptors (Lipinski definition) is 4. The fourth-order valence-corrected chi connectivity index (χ4v) is 2.47. The van der Waals surface area contributed by atoms with Crippen molar-refractivity contribution in [3.63, 3.8) is 0 Å². The standard InChI is InChI=1S/C15H19N5/c1-2-4-11-5-3-6-12(7-11)20-10-19-14-13(16)8-17-9-18-15(14)20/h3,5-7,9-10,13H,2,4,8,16H2,1H3,(H,17,18). The molecule has 104 valence electrons. The first-order valence-electron chi connectivity index (χ1n) is 6.97. The van der Waals surface area contributed by atoms with Crippen molar-refractivity contribution in [3.8, 4) is 5.69 Å². The molecule has 5 heteroatoms. The maximum atomic E-state index is 6.10. The van der Waals surface area contributed by atoms with Gasteiger partial charge in [0.25, 0.3) is 0 Å². The Morgan fingerprint density at radius 1 is 1.45 bits per heavy atom. The molecule has 1 aromatic carbocycles. The summed E-state index contributed by atoms with van der Waals surface area (Å²) in [6, 6.07) is 8.35. The van der Waals surface area contributed by atoms with Crippen molar-refractivity contribution in [3.05, 3.63) is 41.9 Å². The van der Waals surface area contributed by atoms with Gasteiger partial charge in [-0.2, -0.15) is 0 Å². The minimum atomic E-state index is -0.132. The molecule has 0 saturated carbocycles. The van der Waals surface area contributed by atoms with Crippen molar-refractivity contribution in [2.45, 2.75) is 25.8 Å². The molecule has 0 amide bonds. The van der Waals surface area contributed by atoms with E-state index in [-0.39, 0.29) is 6.04 Å². The highest BCUT2D eigenvalue weighted by Crippen LogP contribution is 2.27. The third-order valence-electron chi connectivity index (χ3n) is 3.46. The molecule has 0 saturated heterocycles. The molecule has 2 aromatic rings. The zero-order valence-electron chi connectivity index (χ0n) is 11.6. The first-order chi connectivity index (χ1) is 9.79. The van der Waals surface area contributed by atoms with Crippen LogP contribution in [0.25, 0.3) is 5.69 Å². The minimum Gasteiger partial charge on any atom is -0.374 e. The van der Waals surface area contributed by atoms with E-state index in [0.29, 0.717) is 6.54 Å². The monoisotopic (exact) mass is 269 g/mol. The number of aromatic nitrogens is 2. The van der Waals surface area contributed by atoms with Gasteiger partial charge in [0.15, 0.2) is 5.82 Å². The molecule has 1 aromatic heterocycles. The molecule has 1 unspecified atom stereocenters. The van der Waals surface area contributed by atoms with Gasteiger partial charge in [-0.15, -0.1) is 0 Å². The molecule has 3 rings (SSSR count). The van der Waals surface area contributed by atoms with Crippen LogP contribution in [0, 0.1) is 0 Å². The van der Waals surface area contributed by atoms with Crippen molar-refractivity contribution < 1.29 is 0 Å².